The summed E-state index contributed by atoms with van der Waals surface area (Å²) >= 11 is 5.81. The molecule has 1 aromatic rings. The fourth-order valence-corrected chi connectivity index (χ4v) is 1.79. The Morgan fingerprint density at radius 1 is 1.47 bits per heavy atom. The van der Waals surface area contributed by atoms with E-state index in [9.17, 15) is 9.59 Å². The molecular formula is C13H15ClN2O3. The van der Waals surface area contributed by atoms with E-state index in [1.54, 1.807) is 20.0 Å². The Morgan fingerprint density at radius 3 is 2.63 bits per heavy atom. The number of urea groups is 1. The molecule has 0 fully saturated rings. The number of nitrogens with zero attached hydrogens (tertiary/aromatic N) is 1. The first-order chi connectivity index (χ1) is 8.82. The van der Waals surface area contributed by atoms with Crippen LogP contribution < -0.4 is 5.32 Å². The van der Waals surface area contributed by atoms with E-state index >= 15 is 0 Å². The van der Waals surface area contributed by atoms with Crippen LogP contribution in [-0.4, -0.2) is 35.6 Å². The molecule has 0 saturated carbocycles. The fraction of sp³-hybridized carbons (Fsp3) is 0.231. The first-order valence-corrected chi connectivity index (χ1v) is 5.89. The van der Waals surface area contributed by atoms with Crippen molar-refractivity contribution in [1.29, 1.82) is 0 Å². The van der Waals surface area contributed by atoms with Crippen molar-refractivity contribution in [2.75, 3.05) is 18.9 Å². The molecule has 0 aliphatic heterocycles. The van der Waals surface area contributed by atoms with Gasteiger partial charge in [0.2, 0.25) is 0 Å². The number of amides is 2. The van der Waals surface area contributed by atoms with E-state index in [-0.39, 0.29) is 16.3 Å². The van der Waals surface area contributed by atoms with Crippen molar-refractivity contribution in [3.05, 3.63) is 40.9 Å². The van der Waals surface area contributed by atoms with E-state index in [4.69, 9.17) is 16.7 Å². The van der Waals surface area contributed by atoms with Crippen molar-refractivity contribution >= 4 is 29.3 Å². The molecule has 1 rings (SSSR count). The number of hydrogen-bond donors (Lipinski definition) is 2. The molecule has 1 aromatic carbocycles. The second-order valence-electron chi connectivity index (χ2n) is 4.21. The average molecular weight is 283 g/mol. The van der Waals surface area contributed by atoms with Gasteiger partial charge in [0.1, 0.15) is 5.56 Å². The number of halogens is 1. The first kappa shape index (κ1) is 15.0. The van der Waals surface area contributed by atoms with Gasteiger partial charge in [0.05, 0.1) is 10.7 Å². The van der Waals surface area contributed by atoms with Crippen LogP contribution in [0.5, 0.6) is 0 Å². The molecule has 0 aliphatic carbocycles. The summed E-state index contributed by atoms with van der Waals surface area (Å²) in [6.07, 6.45) is 0. The normalized spacial score (nSPS) is 9.84. The first-order valence-electron chi connectivity index (χ1n) is 5.51. The Kier molecular flexibility index (Phi) is 4.94. The van der Waals surface area contributed by atoms with E-state index < -0.39 is 12.0 Å². The Hall–Kier alpha value is -2.01. The Morgan fingerprint density at radius 2 is 2.11 bits per heavy atom. The second-order valence-corrected chi connectivity index (χ2v) is 4.62. The Balaban J connectivity index is 2.94. The molecule has 0 aliphatic rings. The van der Waals surface area contributed by atoms with Crippen molar-refractivity contribution in [3.63, 3.8) is 0 Å². The quantitative estimate of drug-likeness (QED) is 0.834. The van der Waals surface area contributed by atoms with Crippen molar-refractivity contribution < 1.29 is 14.7 Å². The molecule has 2 amide bonds. The van der Waals surface area contributed by atoms with Gasteiger partial charge in [-0.25, -0.2) is 9.59 Å². The maximum Gasteiger partial charge on any atom is 0.339 e. The number of carbonyl (C=O) groups is 2. The van der Waals surface area contributed by atoms with Gasteiger partial charge in [-0.15, -0.1) is 0 Å². The van der Waals surface area contributed by atoms with E-state index in [0.717, 1.165) is 5.57 Å². The van der Waals surface area contributed by atoms with Crippen molar-refractivity contribution in [2.45, 2.75) is 6.92 Å². The van der Waals surface area contributed by atoms with Crippen LogP contribution in [-0.2, 0) is 0 Å². The molecule has 0 aromatic heterocycles. The van der Waals surface area contributed by atoms with Gasteiger partial charge >= 0.3 is 12.0 Å². The lowest BCUT2D eigenvalue weighted by Gasteiger charge is -2.18. The largest absolute Gasteiger partial charge is 0.478 e. The van der Waals surface area contributed by atoms with Crippen LogP contribution in [0.3, 0.4) is 0 Å². The number of nitrogens with one attached hydrogen (secondary N) is 1. The summed E-state index contributed by atoms with van der Waals surface area (Å²) in [7, 11) is 1.59. The zero-order chi connectivity index (χ0) is 14.6. The van der Waals surface area contributed by atoms with Gasteiger partial charge in [-0.1, -0.05) is 29.8 Å². The molecule has 2 N–H and O–H groups in total. The highest BCUT2D eigenvalue weighted by molar-refractivity contribution is 6.34. The molecule has 19 heavy (non-hydrogen) atoms. The lowest BCUT2D eigenvalue weighted by molar-refractivity contribution is 0.0698. The van der Waals surface area contributed by atoms with Crippen LogP contribution in [0.4, 0.5) is 10.5 Å². The highest BCUT2D eigenvalue weighted by atomic mass is 35.5. The van der Waals surface area contributed by atoms with Gasteiger partial charge in [0, 0.05) is 13.6 Å². The van der Waals surface area contributed by atoms with Crippen LogP contribution in [0.2, 0.25) is 5.02 Å². The van der Waals surface area contributed by atoms with Crippen molar-refractivity contribution in [2.24, 2.45) is 0 Å². The molecule has 0 bridgehead atoms. The van der Waals surface area contributed by atoms with Gasteiger partial charge in [0.15, 0.2) is 0 Å². The summed E-state index contributed by atoms with van der Waals surface area (Å²) < 4.78 is 0. The monoisotopic (exact) mass is 282 g/mol. The predicted molar refractivity (Wildman–Crippen MR) is 74.9 cm³/mol. The third kappa shape index (κ3) is 3.99. The summed E-state index contributed by atoms with van der Waals surface area (Å²) in [6, 6.07) is 4.09. The smallest absolute Gasteiger partial charge is 0.339 e. The third-order valence-electron chi connectivity index (χ3n) is 2.32. The standard InChI is InChI=1S/C13H15ClN2O3/c1-8(2)7-16(3)13(19)15-10-6-4-5-9(14)11(10)12(17)18/h4-6H,1,7H2,2-3H3,(H,15,19)(H,17,18). The maximum absolute atomic E-state index is 11.9. The van der Waals surface area contributed by atoms with E-state index in [1.165, 1.54) is 17.0 Å². The number of likely N-dealkylation sites (N-methyl/N-ethyl adjacent to an activating group) is 1. The van der Waals surface area contributed by atoms with Gasteiger partial charge in [-0.05, 0) is 19.1 Å². The minimum atomic E-state index is -1.19. The number of aromatic carboxylic acids is 1. The topological polar surface area (TPSA) is 69.6 Å². The second kappa shape index (κ2) is 6.24. The zero-order valence-electron chi connectivity index (χ0n) is 10.7. The number of rotatable bonds is 4. The Labute approximate surface area is 116 Å². The lowest BCUT2D eigenvalue weighted by atomic mass is 10.2. The van der Waals surface area contributed by atoms with Gasteiger partial charge < -0.3 is 15.3 Å². The van der Waals surface area contributed by atoms with Crippen LogP contribution in [0, 0.1) is 0 Å². The fourth-order valence-electron chi connectivity index (χ4n) is 1.53. The van der Waals surface area contributed by atoms with Crippen molar-refractivity contribution in [1.82, 2.24) is 4.90 Å². The molecule has 0 radical (unpaired) electrons. The summed E-state index contributed by atoms with van der Waals surface area (Å²) in [5.74, 6) is -1.19. The molecule has 6 heteroatoms. The minimum absolute atomic E-state index is 0.0767. The summed E-state index contributed by atoms with van der Waals surface area (Å²) in [5, 5.41) is 11.7. The van der Waals surface area contributed by atoms with Crippen LogP contribution in [0.1, 0.15) is 17.3 Å². The third-order valence-corrected chi connectivity index (χ3v) is 2.64. The number of carboxylic acids is 1. The summed E-state index contributed by atoms with van der Waals surface area (Å²) in [4.78, 5) is 24.4. The number of carbonyl (C=O) groups excluding carboxylic acids is 1. The van der Waals surface area contributed by atoms with Gasteiger partial charge in [0.25, 0.3) is 0 Å². The number of carboxylic acid groups (broad SMARTS) is 1. The van der Waals surface area contributed by atoms with E-state index in [0.29, 0.717) is 6.54 Å². The minimum Gasteiger partial charge on any atom is -0.478 e. The van der Waals surface area contributed by atoms with Crippen molar-refractivity contribution in [3.8, 4) is 0 Å². The van der Waals surface area contributed by atoms with Crippen LogP contribution in [0.25, 0.3) is 0 Å². The molecular weight excluding hydrogens is 268 g/mol. The molecule has 0 unspecified atom stereocenters. The SMILES string of the molecule is C=C(C)CN(C)C(=O)Nc1cccc(Cl)c1C(=O)O. The van der Waals surface area contributed by atoms with E-state index in [2.05, 4.69) is 11.9 Å². The number of anilines is 1. The predicted octanol–water partition coefficient (Wildman–Crippen LogP) is 3.08. The molecule has 0 heterocycles. The summed E-state index contributed by atoms with van der Waals surface area (Å²) in [6.45, 7) is 5.89. The van der Waals surface area contributed by atoms with E-state index in [1.807, 2.05) is 0 Å². The van der Waals surface area contributed by atoms with Crippen LogP contribution >= 0.6 is 11.6 Å². The molecule has 0 atom stereocenters. The molecule has 102 valence electrons. The Bertz CT molecular complexity index is 529. The maximum atomic E-state index is 11.9. The summed E-state index contributed by atoms with van der Waals surface area (Å²) in [5.41, 5.74) is 0.863. The number of benzene rings is 1. The highest BCUT2D eigenvalue weighted by Gasteiger charge is 2.17. The highest BCUT2D eigenvalue weighted by Crippen LogP contribution is 2.24. The molecule has 0 spiro atoms. The zero-order valence-corrected chi connectivity index (χ0v) is 11.5. The van der Waals surface area contributed by atoms with Gasteiger partial charge in [-0.2, -0.15) is 0 Å². The lowest BCUT2D eigenvalue weighted by Crippen LogP contribution is -2.33. The average Bonchev–Trinajstić information content (AvgIpc) is 2.27. The number of hydrogen-bond acceptors (Lipinski definition) is 2. The molecule has 0 saturated heterocycles. The molecule has 5 nitrogen and oxygen atoms in total. The van der Waals surface area contributed by atoms with Gasteiger partial charge in [-0.3, -0.25) is 0 Å². The van der Waals surface area contributed by atoms with Crippen LogP contribution in [0.15, 0.2) is 30.4 Å².